The van der Waals surface area contributed by atoms with Crippen LogP contribution < -0.4 is 5.73 Å². The lowest BCUT2D eigenvalue weighted by molar-refractivity contribution is 0.439. The van der Waals surface area contributed by atoms with Gasteiger partial charge in [-0.05, 0) is 22.9 Å². The number of fused-ring (bicyclic) bond motifs is 1. The molecule has 0 bridgehead atoms. The van der Waals surface area contributed by atoms with Crippen molar-refractivity contribution < 1.29 is 4.52 Å². The minimum atomic E-state index is 0.252. The molecule has 0 saturated carbocycles. The Bertz CT molecular complexity index is 947. The molecule has 5 nitrogen and oxygen atoms in total. The second kappa shape index (κ2) is 4.96. The summed E-state index contributed by atoms with van der Waals surface area (Å²) in [5.74, 6) is 0.252. The normalized spacial score (nSPS) is 10.9. The second-order valence-corrected chi connectivity index (χ2v) is 4.93. The van der Waals surface area contributed by atoms with Crippen molar-refractivity contribution >= 4 is 16.7 Å². The number of nitrogens with zero attached hydrogens (tertiary/aromatic N) is 3. The molecule has 0 aliphatic carbocycles. The fourth-order valence-electron chi connectivity index (χ4n) is 2.52. The molecule has 0 aliphatic rings. The van der Waals surface area contributed by atoms with Crippen LogP contribution in [-0.4, -0.2) is 15.1 Å². The average molecular weight is 288 g/mol. The third-order valence-corrected chi connectivity index (χ3v) is 3.58. The molecule has 5 heteroatoms. The Morgan fingerprint density at radius 3 is 2.64 bits per heavy atom. The van der Waals surface area contributed by atoms with Crippen molar-refractivity contribution in [3.8, 4) is 22.5 Å². The molecule has 0 saturated heterocycles. The van der Waals surface area contributed by atoms with E-state index < -0.39 is 0 Å². The van der Waals surface area contributed by atoms with Gasteiger partial charge in [-0.3, -0.25) is 0 Å². The van der Waals surface area contributed by atoms with Gasteiger partial charge in [-0.1, -0.05) is 41.6 Å². The summed E-state index contributed by atoms with van der Waals surface area (Å²) in [5, 5.41) is 6.42. The van der Waals surface area contributed by atoms with E-state index >= 15 is 0 Å². The average Bonchev–Trinajstić information content (AvgIpc) is 2.97. The maximum Gasteiger partial charge on any atom is 0.232 e. The van der Waals surface area contributed by atoms with E-state index in [4.69, 9.17) is 10.3 Å². The van der Waals surface area contributed by atoms with Crippen LogP contribution in [0.3, 0.4) is 0 Å². The summed E-state index contributed by atoms with van der Waals surface area (Å²) in [6, 6.07) is 16.1. The Labute approximate surface area is 126 Å². The molecule has 2 heterocycles. The van der Waals surface area contributed by atoms with Crippen molar-refractivity contribution in [1.82, 2.24) is 15.1 Å². The van der Waals surface area contributed by atoms with Gasteiger partial charge >= 0.3 is 0 Å². The van der Waals surface area contributed by atoms with Gasteiger partial charge in [0.05, 0.1) is 11.3 Å². The number of aromatic nitrogens is 3. The molecule has 106 valence electrons. The quantitative estimate of drug-likeness (QED) is 0.610. The van der Waals surface area contributed by atoms with Crippen molar-refractivity contribution in [3.05, 3.63) is 61.1 Å². The number of hydrogen-bond donors (Lipinski definition) is 1. The van der Waals surface area contributed by atoms with Gasteiger partial charge in [0.15, 0.2) is 0 Å². The summed E-state index contributed by atoms with van der Waals surface area (Å²) in [6.45, 7) is 0. The molecular weight excluding hydrogens is 276 g/mol. The van der Waals surface area contributed by atoms with Crippen molar-refractivity contribution in [2.24, 2.45) is 0 Å². The minimum Gasteiger partial charge on any atom is -0.367 e. The van der Waals surface area contributed by atoms with Gasteiger partial charge in [-0.15, -0.1) is 0 Å². The van der Waals surface area contributed by atoms with Gasteiger partial charge in [-0.25, -0.2) is 9.97 Å². The smallest absolute Gasteiger partial charge is 0.232 e. The molecule has 2 aromatic carbocycles. The summed E-state index contributed by atoms with van der Waals surface area (Å²) >= 11 is 0. The van der Waals surface area contributed by atoms with E-state index in [9.17, 15) is 0 Å². The molecular formula is C17H12N4O. The number of nitrogen functional groups attached to an aromatic ring is 1. The first-order chi connectivity index (χ1) is 10.8. The molecule has 0 spiro atoms. The van der Waals surface area contributed by atoms with E-state index in [1.54, 1.807) is 12.3 Å². The van der Waals surface area contributed by atoms with E-state index in [1.807, 2.05) is 18.2 Å². The fourth-order valence-corrected chi connectivity index (χ4v) is 2.52. The van der Waals surface area contributed by atoms with E-state index in [-0.39, 0.29) is 5.88 Å². The zero-order chi connectivity index (χ0) is 14.9. The molecule has 22 heavy (non-hydrogen) atoms. The molecule has 0 unspecified atom stereocenters. The number of anilines is 1. The fraction of sp³-hybridized carbons (Fsp3) is 0. The van der Waals surface area contributed by atoms with Gasteiger partial charge in [0.2, 0.25) is 5.88 Å². The van der Waals surface area contributed by atoms with Gasteiger partial charge < -0.3 is 10.3 Å². The molecule has 2 N–H and O–H groups in total. The highest BCUT2D eigenvalue weighted by atomic mass is 16.5. The Morgan fingerprint density at radius 2 is 1.82 bits per heavy atom. The van der Waals surface area contributed by atoms with Gasteiger partial charge in [0, 0.05) is 11.8 Å². The lowest BCUT2D eigenvalue weighted by atomic mass is 10.0. The predicted octanol–water partition coefficient (Wildman–Crippen LogP) is 3.53. The molecule has 4 rings (SSSR count). The zero-order valence-electron chi connectivity index (χ0n) is 11.6. The van der Waals surface area contributed by atoms with Crippen LogP contribution in [0, 0.1) is 0 Å². The second-order valence-electron chi connectivity index (χ2n) is 4.93. The monoisotopic (exact) mass is 288 g/mol. The maximum atomic E-state index is 5.93. The summed E-state index contributed by atoms with van der Waals surface area (Å²) in [4.78, 5) is 8.16. The summed E-state index contributed by atoms with van der Waals surface area (Å²) in [7, 11) is 0. The molecule has 2 aromatic heterocycles. The highest BCUT2D eigenvalue weighted by Crippen LogP contribution is 2.35. The summed E-state index contributed by atoms with van der Waals surface area (Å²) in [5.41, 5.74) is 8.94. The molecule has 0 atom stereocenters. The van der Waals surface area contributed by atoms with Crippen molar-refractivity contribution in [2.45, 2.75) is 0 Å². The van der Waals surface area contributed by atoms with Gasteiger partial charge in [0.25, 0.3) is 0 Å². The first-order valence-electron chi connectivity index (χ1n) is 6.83. The lowest BCUT2D eigenvalue weighted by Crippen LogP contribution is -1.90. The topological polar surface area (TPSA) is 77.8 Å². The van der Waals surface area contributed by atoms with Crippen LogP contribution in [-0.2, 0) is 0 Å². The van der Waals surface area contributed by atoms with Gasteiger partial charge in [0.1, 0.15) is 12.0 Å². The van der Waals surface area contributed by atoms with Crippen LogP contribution in [0.4, 0.5) is 5.88 Å². The zero-order valence-corrected chi connectivity index (χ0v) is 11.6. The Kier molecular flexibility index (Phi) is 2.83. The van der Waals surface area contributed by atoms with Crippen molar-refractivity contribution in [3.63, 3.8) is 0 Å². The lowest BCUT2D eigenvalue weighted by Gasteiger charge is -2.03. The van der Waals surface area contributed by atoms with Crippen molar-refractivity contribution in [1.29, 1.82) is 0 Å². The Balaban J connectivity index is 1.92. The number of benzene rings is 2. The Morgan fingerprint density at radius 1 is 0.955 bits per heavy atom. The first-order valence-corrected chi connectivity index (χ1v) is 6.83. The SMILES string of the molecule is Nc1onc(-c2ccc3ccccc3c2)c1-c1ccncn1. The minimum absolute atomic E-state index is 0.252. The number of nitrogens with two attached hydrogens (primary N) is 1. The van der Waals surface area contributed by atoms with Crippen molar-refractivity contribution in [2.75, 3.05) is 5.73 Å². The number of rotatable bonds is 2. The summed E-state index contributed by atoms with van der Waals surface area (Å²) < 4.78 is 5.18. The first kappa shape index (κ1) is 12.5. The van der Waals surface area contributed by atoms with Crippen LogP contribution in [0.2, 0.25) is 0 Å². The largest absolute Gasteiger partial charge is 0.367 e. The van der Waals surface area contributed by atoms with Crippen LogP contribution in [0.15, 0.2) is 65.6 Å². The van der Waals surface area contributed by atoms with E-state index in [0.29, 0.717) is 17.0 Å². The molecule has 0 radical (unpaired) electrons. The summed E-state index contributed by atoms with van der Waals surface area (Å²) in [6.07, 6.45) is 3.14. The third kappa shape index (κ3) is 2.00. The van der Waals surface area contributed by atoms with E-state index in [2.05, 4.69) is 39.4 Å². The van der Waals surface area contributed by atoms with Gasteiger partial charge in [-0.2, -0.15) is 0 Å². The maximum absolute atomic E-state index is 5.93. The van der Waals surface area contributed by atoms with Crippen LogP contribution in [0.25, 0.3) is 33.3 Å². The highest BCUT2D eigenvalue weighted by molar-refractivity contribution is 5.91. The van der Waals surface area contributed by atoms with E-state index in [1.165, 1.54) is 11.7 Å². The third-order valence-electron chi connectivity index (χ3n) is 3.58. The molecule has 0 aliphatic heterocycles. The van der Waals surface area contributed by atoms with Crippen LogP contribution in [0.1, 0.15) is 0 Å². The molecule has 0 fully saturated rings. The predicted molar refractivity (Wildman–Crippen MR) is 84.9 cm³/mol. The van der Waals surface area contributed by atoms with E-state index in [0.717, 1.165) is 10.9 Å². The number of hydrogen-bond acceptors (Lipinski definition) is 5. The van der Waals surface area contributed by atoms with Crippen LogP contribution >= 0.6 is 0 Å². The standard InChI is InChI=1S/C17H12N4O/c18-17-15(14-7-8-19-10-20-14)16(21-22-17)13-6-5-11-3-1-2-4-12(11)9-13/h1-10H,18H2. The molecule has 4 aromatic rings. The molecule has 0 amide bonds. The van der Waals surface area contributed by atoms with Crippen LogP contribution in [0.5, 0.6) is 0 Å². The Hall–Kier alpha value is -3.21. The highest BCUT2D eigenvalue weighted by Gasteiger charge is 2.18.